The van der Waals surface area contributed by atoms with Gasteiger partial charge in [-0.2, -0.15) is 5.26 Å². The summed E-state index contributed by atoms with van der Waals surface area (Å²) in [5, 5.41) is 9.14. The highest BCUT2D eigenvalue weighted by atomic mass is 32.1. The lowest BCUT2D eigenvalue weighted by atomic mass is 10.1. The van der Waals surface area contributed by atoms with Gasteiger partial charge in [0, 0.05) is 16.6 Å². The van der Waals surface area contributed by atoms with E-state index in [9.17, 15) is 0 Å². The van der Waals surface area contributed by atoms with Gasteiger partial charge in [0.25, 0.3) is 0 Å². The maximum absolute atomic E-state index is 9.14. The minimum Gasteiger partial charge on any atom is -0.486 e. The second-order valence-electron chi connectivity index (χ2n) is 5.09. The molecule has 0 fully saturated rings. The van der Waals surface area contributed by atoms with Crippen molar-refractivity contribution in [2.45, 2.75) is 13.3 Å². The average molecular weight is 311 g/mol. The Morgan fingerprint density at radius 3 is 2.95 bits per heavy atom. The second-order valence-corrected chi connectivity index (χ2v) is 6.31. The normalized spacial score (nSPS) is 13.3. The van der Waals surface area contributed by atoms with Gasteiger partial charge in [-0.05, 0) is 25.1 Å². The lowest BCUT2D eigenvalue weighted by Crippen LogP contribution is -2.15. The maximum Gasteiger partial charge on any atom is 0.194 e. The molecule has 5 nitrogen and oxygen atoms in total. The Kier molecular flexibility index (Phi) is 3.01. The third kappa shape index (κ3) is 2.02. The maximum atomic E-state index is 9.14. The zero-order chi connectivity index (χ0) is 15.1. The topological polar surface area (TPSA) is 59.5 Å². The number of nitrogens with zero attached hydrogens (tertiary/aromatic N) is 3. The Balaban J connectivity index is 1.88. The summed E-state index contributed by atoms with van der Waals surface area (Å²) in [7, 11) is 0. The largest absolute Gasteiger partial charge is 0.486 e. The van der Waals surface area contributed by atoms with Crippen LogP contribution in [0.2, 0.25) is 0 Å². The van der Waals surface area contributed by atoms with Gasteiger partial charge in [-0.3, -0.25) is 4.40 Å². The minimum atomic E-state index is 0.321. The van der Waals surface area contributed by atoms with Crippen LogP contribution in [-0.4, -0.2) is 22.6 Å². The van der Waals surface area contributed by atoms with E-state index >= 15 is 0 Å². The van der Waals surface area contributed by atoms with Crippen molar-refractivity contribution in [1.29, 1.82) is 5.26 Å². The van der Waals surface area contributed by atoms with Crippen molar-refractivity contribution in [1.82, 2.24) is 9.38 Å². The van der Waals surface area contributed by atoms with Crippen LogP contribution in [-0.2, 0) is 6.42 Å². The number of fused-ring (bicyclic) bond motifs is 2. The number of aryl methyl sites for hydroxylation is 1. The van der Waals surface area contributed by atoms with Crippen molar-refractivity contribution in [2.24, 2.45) is 0 Å². The van der Waals surface area contributed by atoms with Crippen LogP contribution in [0.5, 0.6) is 11.5 Å². The molecule has 110 valence electrons. The number of nitriles is 1. The highest BCUT2D eigenvalue weighted by Crippen LogP contribution is 2.36. The van der Waals surface area contributed by atoms with Crippen LogP contribution in [0, 0.1) is 18.3 Å². The fourth-order valence-electron chi connectivity index (χ4n) is 2.67. The summed E-state index contributed by atoms with van der Waals surface area (Å²) in [6.07, 6.45) is 2.35. The number of aromatic nitrogens is 2. The molecule has 3 heterocycles. The van der Waals surface area contributed by atoms with E-state index in [0.29, 0.717) is 19.6 Å². The number of ether oxygens (including phenoxy) is 2. The van der Waals surface area contributed by atoms with Crippen LogP contribution in [0.15, 0.2) is 24.4 Å². The molecule has 1 aliphatic rings. The number of hydrogen-bond donors (Lipinski definition) is 0. The SMILES string of the molecule is Cc1cn2c(CC#N)c(-c3ccc4c(c3)OCCO4)nc2s1. The number of imidazole rings is 1. The first kappa shape index (κ1) is 13.2. The van der Waals surface area contributed by atoms with Crippen molar-refractivity contribution in [3.8, 4) is 28.8 Å². The van der Waals surface area contributed by atoms with Gasteiger partial charge >= 0.3 is 0 Å². The molecule has 0 N–H and O–H groups in total. The van der Waals surface area contributed by atoms with Crippen molar-refractivity contribution in [3.05, 3.63) is 35.0 Å². The zero-order valence-electron chi connectivity index (χ0n) is 12.0. The van der Waals surface area contributed by atoms with Gasteiger partial charge in [-0.25, -0.2) is 4.98 Å². The van der Waals surface area contributed by atoms with E-state index < -0.39 is 0 Å². The lowest BCUT2D eigenvalue weighted by molar-refractivity contribution is 0.171. The van der Waals surface area contributed by atoms with Crippen LogP contribution in [0.4, 0.5) is 0 Å². The first-order valence-corrected chi connectivity index (χ1v) is 7.82. The van der Waals surface area contributed by atoms with Gasteiger partial charge in [-0.15, -0.1) is 11.3 Å². The quantitative estimate of drug-likeness (QED) is 0.729. The Morgan fingerprint density at radius 1 is 1.32 bits per heavy atom. The molecule has 0 amide bonds. The van der Waals surface area contributed by atoms with Crippen molar-refractivity contribution in [3.63, 3.8) is 0 Å². The molecular formula is C16H13N3O2S. The van der Waals surface area contributed by atoms with Crippen LogP contribution in [0.1, 0.15) is 10.6 Å². The van der Waals surface area contributed by atoms with Crippen molar-refractivity contribution >= 4 is 16.3 Å². The number of benzene rings is 1. The Morgan fingerprint density at radius 2 is 2.14 bits per heavy atom. The van der Waals surface area contributed by atoms with E-state index in [2.05, 4.69) is 6.07 Å². The molecule has 0 atom stereocenters. The van der Waals surface area contributed by atoms with Crippen LogP contribution >= 0.6 is 11.3 Å². The van der Waals surface area contributed by atoms with Crippen LogP contribution < -0.4 is 9.47 Å². The molecule has 0 aliphatic carbocycles. The van der Waals surface area contributed by atoms with Crippen LogP contribution in [0.3, 0.4) is 0 Å². The van der Waals surface area contributed by atoms with E-state index in [1.54, 1.807) is 11.3 Å². The molecule has 0 radical (unpaired) electrons. The van der Waals surface area contributed by atoms with Gasteiger partial charge in [0.15, 0.2) is 16.5 Å². The third-order valence-corrected chi connectivity index (χ3v) is 4.50. The summed E-state index contributed by atoms with van der Waals surface area (Å²) >= 11 is 1.62. The van der Waals surface area contributed by atoms with Crippen molar-refractivity contribution < 1.29 is 9.47 Å². The molecule has 1 aliphatic heterocycles. The zero-order valence-corrected chi connectivity index (χ0v) is 12.8. The molecule has 0 unspecified atom stereocenters. The summed E-state index contributed by atoms with van der Waals surface area (Å²) < 4.78 is 13.2. The summed E-state index contributed by atoms with van der Waals surface area (Å²) in [5.74, 6) is 1.49. The smallest absolute Gasteiger partial charge is 0.194 e. The van der Waals surface area contributed by atoms with Gasteiger partial charge in [0.1, 0.15) is 13.2 Å². The van der Waals surface area contributed by atoms with Crippen LogP contribution in [0.25, 0.3) is 16.2 Å². The van der Waals surface area contributed by atoms with Gasteiger partial charge in [0.05, 0.1) is 23.9 Å². The molecule has 3 aromatic rings. The highest BCUT2D eigenvalue weighted by Gasteiger charge is 2.18. The predicted octanol–water partition coefficient (Wildman–Crippen LogP) is 3.21. The van der Waals surface area contributed by atoms with E-state index in [4.69, 9.17) is 19.7 Å². The van der Waals surface area contributed by atoms with E-state index in [0.717, 1.165) is 33.4 Å². The molecule has 0 saturated heterocycles. The standard InChI is InChI=1S/C16H13N3O2S/c1-10-9-19-12(4-5-17)15(18-16(19)22-10)11-2-3-13-14(8-11)21-7-6-20-13/h2-3,8-9H,4,6-7H2,1H3. The van der Waals surface area contributed by atoms with E-state index in [1.165, 1.54) is 4.88 Å². The summed E-state index contributed by atoms with van der Waals surface area (Å²) in [6, 6.07) is 8.04. The predicted molar refractivity (Wildman–Crippen MR) is 83.5 cm³/mol. The Bertz CT molecular complexity index is 904. The van der Waals surface area contributed by atoms with Gasteiger partial charge in [0.2, 0.25) is 0 Å². The lowest BCUT2D eigenvalue weighted by Gasteiger charge is -2.18. The number of hydrogen-bond acceptors (Lipinski definition) is 5. The molecule has 22 heavy (non-hydrogen) atoms. The monoisotopic (exact) mass is 311 g/mol. The number of rotatable bonds is 2. The molecule has 0 bridgehead atoms. The molecule has 0 saturated carbocycles. The fraction of sp³-hybridized carbons (Fsp3) is 0.250. The number of thiazole rings is 1. The fourth-order valence-corrected chi connectivity index (χ4v) is 3.51. The summed E-state index contributed by atoms with van der Waals surface area (Å²) in [6.45, 7) is 3.17. The average Bonchev–Trinajstić information content (AvgIpc) is 3.04. The molecular weight excluding hydrogens is 298 g/mol. The van der Waals surface area contributed by atoms with Crippen molar-refractivity contribution in [2.75, 3.05) is 13.2 Å². The summed E-state index contributed by atoms with van der Waals surface area (Å²) in [5.41, 5.74) is 2.70. The summed E-state index contributed by atoms with van der Waals surface area (Å²) in [4.78, 5) is 6.79. The molecule has 2 aromatic heterocycles. The second kappa shape index (κ2) is 5.04. The minimum absolute atomic E-state index is 0.321. The molecule has 6 heteroatoms. The first-order chi connectivity index (χ1) is 10.8. The van der Waals surface area contributed by atoms with Gasteiger partial charge in [-0.1, -0.05) is 0 Å². The molecule has 1 aromatic carbocycles. The molecule has 4 rings (SSSR count). The highest BCUT2D eigenvalue weighted by molar-refractivity contribution is 7.17. The Hall–Kier alpha value is -2.52. The van der Waals surface area contributed by atoms with E-state index in [1.807, 2.05) is 35.7 Å². The third-order valence-electron chi connectivity index (χ3n) is 3.60. The molecule has 0 spiro atoms. The van der Waals surface area contributed by atoms with E-state index in [-0.39, 0.29) is 0 Å². The first-order valence-electron chi connectivity index (χ1n) is 7.00. The Labute approximate surface area is 131 Å². The van der Waals surface area contributed by atoms with Gasteiger partial charge < -0.3 is 9.47 Å².